The van der Waals surface area contributed by atoms with Crippen molar-refractivity contribution >= 4 is 21.4 Å². The maximum atomic E-state index is 12.1. The Morgan fingerprint density at radius 2 is 1.92 bits per heavy atom. The van der Waals surface area contributed by atoms with Crippen LogP contribution in [0.15, 0.2) is 42.7 Å². The molecule has 24 heavy (non-hydrogen) atoms. The van der Waals surface area contributed by atoms with Crippen LogP contribution in [0.4, 0.5) is 5.69 Å². The Morgan fingerprint density at radius 1 is 1.25 bits per heavy atom. The largest absolute Gasteiger partial charge is 0.457 e. The number of benzene rings is 1. The van der Waals surface area contributed by atoms with Gasteiger partial charge in [0.05, 0.1) is 5.75 Å². The summed E-state index contributed by atoms with van der Waals surface area (Å²) in [5.41, 5.74) is 1.44. The highest BCUT2D eigenvalue weighted by molar-refractivity contribution is 7.90. The van der Waals surface area contributed by atoms with E-state index in [0.717, 1.165) is 11.8 Å². The Labute approximate surface area is 141 Å². The average molecular weight is 348 g/mol. The third kappa shape index (κ3) is 5.34. The highest BCUT2D eigenvalue weighted by atomic mass is 32.2. The molecule has 1 N–H and O–H groups in total. The minimum Gasteiger partial charge on any atom is -0.457 e. The van der Waals surface area contributed by atoms with Crippen LogP contribution in [-0.4, -0.2) is 31.3 Å². The average Bonchev–Trinajstić information content (AvgIpc) is 2.49. The number of aryl methyl sites for hydroxylation is 1. The first-order valence-electron chi connectivity index (χ1n) is 7.42. The number of pyridine rings is 1. The van der Waals surface area contributed by atoms with Gasteiger partial charge in [-0.15, -0.1) is 0 Å². The van der Waals surface area contributed by atoms with Crippen molar-refractivity contribution in [3.05, 3.63) is 48.3 Å². The molecule has 0 spiro atoms. The molecule has 1 heterocycles. The van der Waals surface area contributed by atoms with Gasteiger partial charge in [0.1, 0.15) is 21.3 Å². The quantitative estimate of drug-likeness (QED) is 0.867. The Hall–Kier alpha value is -2.41. The van der Waals surface area contributed by atoms with E-state index >= 15 is 0 Å². The maximum absolute atomic E-state index is 12.1. The van der Waals surface area contributed by atoms with E-state index in [1.165, 1.54) is 0 Å². The fourth-order valence-electron chi connectivity index (χ4n) is 2.17. The maximum Gasteiger partial charge on any atom is 0.228 e. The zero-order valence-electron chi connectivity index (χ0n) is 13.8. The molecule has 1 amide bonds. The van der Waals surface area contributed by atoms with Gasteiger partial charge < -0.3 is 10.1 Å². The molecule has 0 radical (unpaired) electrons. The lowest BCUT2D eigenvalue weighted by Crippen LogP contribution is -2.26. The predicted octanol–water partition coefficient (Wildman–Crippen LogP) is 2.80. The smallest absolute Gasteiger partial charge is 0.228 e. The minimum absolute atomic E-state index is 0.180. The second-order valence-electron chi connectivity index (χ2n) is 5.75. The van der Waals surface area contributed by atoms with Gasteiger partial charge in [0.2, 0.25) is 5.91 Å². The molecular formula is C17H20N2O4S. The van der Waals surface area contributed by atoms with Crippen LogP contribution in [0, 0.1) is 12.8 Å². The molecule has 0 aliphatic rings. The molecule has 7 heteroatoms. The molecule has 1 unspecified atom stereocenters. The van der Waals surface area contributed by atoms with Gasteiger partial charge in [0.25, 0.3) is 0 Å². The Kier molecular flexibility index (Phi) is 5.56. The van der Waals surface area contributed by atoms with Gasteiger partial charge in [-0.25, -0.2) is 8.42 Å². The topological polar surface area (TPSA) is 85.4 Å². The van der Waals surface area contributed by atoms with Gasteiger partial charge in [0.15, 0.2) is 0 Å². The fraction of sp³-hybridized carbons (Fsp3) is 0.294. The van der Waals surface area contributed by atoms with Crippen molar-refractivity contribution in [2.75, 3.05) is 17.3 Å². The molecule has 0 aliphatic carbocycles. The third-order valence-electron chi connectivity index (χ3n) is 3.32. The molecule has 6 nitrogen and oxygen atoms in total. The van der Waals surface area contributed by atoms with Crippen molar-refractivity contribution in [3.8, 4) is 11.5 Å². The number of rotatable bonds is 6. The summed E-state index contributed by atoms with van der Waals surface area (Å²) in [5, 5.41) is 2.73. The van der Waals surface area contributed by atoms with E-state index in [9.17, 15) is 13.2 Å². The Morgan fingerprint density at radius 3 is 2.50 bits per heavy atom. The molecule has 128 valence electrons. The summed E-state index contributed by atoms with van der Waals surface area (Å²) in [5.74, 6) is 0.215. The third-order valence-corrected chi connectivity index (χ3v) is 4.43. The van der Waals surface area contributed by atoms with Crippen molar-refractivity contribution in [1.82, 2.24) is 4.98 Å². The second-order valence-corrected chi connectivity index (χ2v) is 7.93. The van der Waals surface area contributed by atoms with E-state index in [4.69, 9.17) is 4.74 Å². The second kappa shape index (κ2) is 7.44. The fourth-order valence-corrected chi connectivity index (χ4v) is 3.23. The van der Waals surface area contributed by atoms with Crippen LogP contribution >= 0.6 is 0 Å². The van der Waals surface area contributed by atoms with Gasteiger partial charge in [-0.2, -0.15) is 0 Å². The summed E-state index contributed by atoms with van der Waals surface area (Å²) in [6, 6.07) is 8.76. The van der Waals surface area contributed by atoms with Gasteiger partial charge in [-0.05, 0) is 42.8 Å². The Bertz CT molecular complexity index is 820. The number of ether oxygens (including phenoxy) is 1. The summed E-state index contributed by atoms with van der Waals surface area (Å²) in [6.45, 7) is 3.45. The molecule has 1 atom stereocenters. The lowest BCUT2D eigenvalue weighted by Gasteiger charge is -2.13. The summed E-state index contributed by atoms with van der Waals surface area (Å²) in [4.78, 5) is 16.0. The summed E-state index contributed by atoms with van der Waals surface area (Å²) in [7, 11) is -3.20. The number of carbonyl (C=O) groups excluding carboxylic acids is 1. The van der Waals surface area contributed by atoms with E-state index < -0.39 is 15.8 Å². The summed E-state index contributed by atoms with van der Waals surface area (Å²) < 4.78 is 28.3. The molecule has 1 aromatic carbocycles. The lowest BCUT2D eigenvalue weighted by atomic mass is 10.1. The number of nitrogens with zero attached hydrogens (tertiary/aromatic N) is 1. The molecular weight excluding hydrogens is 328 g/mol. The molecule has 0 fully saturated rings. The molecule has 1 aromatic heterocycles. The highest BCUT2D eigenvalue weighted by Crippen LogP contribution is 2.27. The number of sulfone groups is 1. The minimum atomic E-state index is -3.20. The first kappa shape index (κ1) is 17.9. The first-order valence-corrected chi connectivity index (χ1v) is 9.48. The van der Waals surface area contributed by atoms with Crippen molar-refractivity contribution in [3.63, 3.8) is 0 Å². The lowest BCUT2D eigenvalue weighted by molar-refractivity contribution is -0.118. The van der Waals surface area contributed by atoms with E-state index in [1.54, 1.807) is 49.6 Å². The standard InChI is InChI=1S/C17H20N2O4S/c1-12-10-14(19-17(20)13(2)11-24(3,21)22)4-5-16(12)23-15-6-8-18-9-7-15/h4-10,13H,11H2,1-3H3,(H,19,20). The molecule has 0 bridgehead atoms. The highest BCUT2D eigenvalue weighted by Gasteiger charge is 2.18. The van der Waals surface area contributed by atoms with Gasteiger partial charge in [-0.3, -0.25) is 9.78 Å². The van der Waals surface area contributed by atoms with Crippen LogP contribution in [0.1, 0.15) is 12.5 Å². The predicted molar refractivity (Wildman–Crippen MR) is 93.0 cm³/mol. The van der Waals surface area contributed by atoms with Crippen molar-refractivity contribution in [2.24, 2.45) is 5.92 Å². The van der Waals surface area contributed by atoms with Crippen LogP contribution in [0.25, 0.3) is 0 Å². The number of nitrogens with one attached hydrogen (secondary N) is 1. The SMILES string of the molecule is Cc1cc(NC(=O)C(C)CS(C)(=O)=O)ccc1Oc1ccncc1. The first-order chi connectivity index (χ1) is 11.2. The van der Waals surface area contributed by atoms with Crippen LogP contribution in [0.3, 0.4) is 0 Å². The van der Waals surface area contributed by atoms with Gasteiger partial charge in [-0.1, -0.05) is 6.92 Å². The number of carbonyl (C=O) groups is 1. The number of hydrogen-bond donors (Lipinski definition) is 1. The number of hydrogen-bond acceptors (Lipinski definition) is 5. The van der Waals surface area contributed by atoms with Crippen molar-refractivity contribution in [1.29, 1.82) is 0 Å². The van der Waals surface area contributed by atoms with Crippen LogP contribution in [0.5, 0.6) is 11.5 Å². The monoisotopic (exact) mass is 348 g/mol. The molecule has 0 saturated heterocycles. The van der Waals surface area contributed by atoms with Crippen molar-refractivity contribution in [2.45, 2.75) is 13.8 Å². The number of amides is 1. The van der Waals surface area contributed by atoms with Crippen LogP contribution in [0.2, 0.25) is 0 Å². The van der Waals surface area contributed by atoms with Crippen LogP contribution in [-0.2, 0) is 14.6 Å². The molecule has 0 saturated carbocycles. The molecule has 2 rings (SSSR count). The van der Waals surface area contributed by atoms with Gasteiger partial charge in [0, 0.05) is 30.3 Å². The summed E-state index contributed by atoms with van der Waals surface area (Å²) in [6.07, 6.45) is 4.40. The normalized spacial score (nSPS) is 12.5. The Balaban J connectivity index is 2.05. The van der Waals surface area contributed by atoms with E-state index in [0.29, 0.717) is 17.2 Å². The molecule has 2 aromatic rings. The number of anilines is 1. The van der Waals surface area contributed by atoms with E-state index in [-0.39, 0.29) is 11.7 Å². The van der Waals surface area contributed by atoms with E-state index in [1.807, 2.05) is 6.92 Å². The van der Waals surface area contributed by atoms with E-state index in [2.05, 4.69) is 10.3 Å². The number of aromatic nitrogens is 1. The van der Waals surface area contributed by atoms with Gasteiger partial charge >= 0.3 is 0 Å². The zero-order valence-corrected chi connectivity index (χ0v) is 14.6. The molecule has 0 aliphatic heterocycles. The van der Waals surface area contributed by atoms with Crippen LogP contribution < -0.4 is 10.1 Å². The van der Waals surface area contributed by atoms with Crippen molar-refractivity contribution < 1.29 is 17.9 Å². The zero-order chi connectivity index (χ0) is 17.7. The summed E-state index contributed by atoms with van der Waals surface area (Å²) >= 11 is 0.